The first-order valence-corrected chi connectivity index (χ1v) is 9.99. The van der Waals surface area contributed by atoms with Crippen LogP contribution in [0, 0.1) is 0 Å². The molecular formula is C26H26N4. The molecule has 0 N–H and O–H groups in total. The minimum atomic E-state index is 0.871. The fourth-order valence-corrected chi connectivity index (χ4v) is 3.40. The lowest BCUT2D eigenvalue weighted by Gasteiger charge is -2.13. The third-order valence-electron chi connectivity index (χ3n) is 5.22. The second-order valence-electron chi connectivity index (χ2n) is 7.74. The molecular weight excluding hydrogens is 368 g/mol. The zero-order chi connectivity index (χ0) is 21.1. The molecule has 2 aromatic heterocycles. The first-order valence-electron chi connectivity index (χ1n) is 9.99. The van der Waals surface area contributed by atoms with Crippen molar-refractivity contribution >= 4 is 11.4 Å². The Labute approximate surface area is 178 Å². The van der Waals surface area contributed by atoms with Gasteiger partial charge in [-0.3, -0.25) is 9.97 Å². The van der Waals surface area contributed by atoms with E-state index >= 15 is 0 Å². The van der Waals surface area contributed by atoms with E-state index in [1.165, 1.54) is 22.5 Å². The Hall–Kier alpha value is -3.66. The van der Waals surface area contributed by atoms with Crippen molar-refractivity contribution in [2.75, 3.05) is 38.0 Å². The molecule has 0 aliphatic heterocycles. The maximum absolute atomic E-state index is 4.58. The Morgan fingerprint density at radius 3 is 1.17 bits per heavy atom. The first kappa shape index (κ1) is 19.6. The Morgan fingerprint density at radius 2 is 0.833 bits per heavy atom. The van der Waals surface area contributed by atoms with Crippen LogP contribution in [0.2, 0.25) is 0 Å². The molecule has 0 aliphatic carbocycles. The highest BCUT2D eigenvalue weighted by atomic mass is 15.1. The summed E-state index contributed by atoms with van der Waals surface area (Å²) in [6, 6.07) is 25.4. The summed E-state index contributed by atoms with van der Waals surface area (Å²) >= 11 is 0. The van der Waals surface area contributed by atoms with Crippen LogP contribution in [0.1, 0.15) is 0 Å². The number of aromatic nitrogens is 2. The van der Waals surface area contributed by atoms with Crippen LogP contribution in [0.3, 0.4) is 0 Å². The second-order valence-corrected chi connectivity index (χ2v) is 7.74. The van der Waals surface area contributed by atoms with Crippen molar-refractivity contribution in [3.05, 3.63) is 85.2 Å². The molecule has 0 amide bonds. The molecule has 0 fully saturated rings. The number of pyridine rings is 2. The lowest BCUT2D eigenvalue weighted by Crippen LogP contribution is -2.07. The van der Waals surface area contributed by atoms with Crippen LogP contribution in [0.4, 0.5) is 11.4 Å². The summed E-state index contributed by atoms with van der Waals surface area (Å²) in [5.74, 6) is 0. The lowest BCUT2D eigenvalue weighted by molar-refractivity contribution is 1.13. The van der Waals surface area contributed by atoms with Crippen LogP contribution >= 0.6 is 0 Å². The minimum Gasteiger partial charge on any atom is -0.378 e. The van der Waals surface area contributed by atoms with Crippen LogP contribution < -0.4 is 9.80 Å². The molecule has 0 atom stereocenters. The van der Waals surface area contributed by atoms with Gasteiger partial charge in [0.2, 0.25) is 0 Å². The first-order chi connectivity index (χ1) is 14.5. The van der Waals surface area contributed by atoms with E-state index in [1.54, 1.807) is 0 Å². The summed E-state index contributed by atoms with van der Waals surface area (Å²) in [5, 5.41) is 0. The Bertz CT molecular complexity index is 1040. The molecule has 0 spiro atoms. The van der Waals surface area contributed by atoms with E-state index < -0.39 is 0 Å². The number of benzene rings is 2. The third kappa shape index (κ3) is 4.18. The molecule has 30 heavy (non-hydrogen) atoms. The van der Waals surface area contributed by atoms with E-state index in [4.69, 9.17) is 0 Å². The third-order valence-corrected chi connectivity index (χ3v) is 5.22. The van der Waals surface area contributed by atoms with Gasteiger partial charge in [0.25, 0.3) is 0 Å². The monoisotopic (exact) mass is 394 g/mol. The molecule has 0 unspecified atom stereocenters. The van der Waals surface area contributed by atoms with Crippen molar-refractivity contribution in [2.45, 2.75) is 0 Å². The van der Waals surface area contributed by atoms with Crippen LogP contribution in [0.25, 0.3) is 33.6 Å². The van der Waals surface area contributed by atoms with Gasteiger partial charge in [0, 0.05) is 52.0 Å². The van der Waals surface area contributed by atoms with Crippen molar-refractivity contribution in [1.29, 1.82) is 0 Å². The van der Waals surface area contributed by atoms with E-state index in [0.717, 1.165) is 22.5 Å². The fourth-order valence-electron chi connectivity index (χ4n) is 3.40. The van der Waals surface area contributed by atoms with Gasteiger partial charge in [-0.15, -0.1) is 0 Å². The van der Waals surface area contributed by atoms with E-state index in [2.05, 4.69) is 80.4 Å². The molecule has 0 aliphatic rings. The predicted octanol–water partition coefficient (Wildman–Crippen LogP) is 5.61. The number of hydrogen-bond acceptors (Lipinski definition) is 4. The van der Waals surface area contributed by atoms with Crippen LogP contribution in [0.15, 0.2) is 85.2 Å². The normalized spacial score (nSPS) is 10.7. The van der Waals surface area contributed by atoms with Gasteiger partial charge in [-0.05, 0) is 70.8 Å². The minimum absolute atomic E-state index is 0.871. The summed E-state index contributed by atoms with van der Waals surface area (Å²) in [5.41, 5.74) is 8.71. The van der Waals surface area contributed by atoms with Crippen molar-refractivity contribution < 1.29 is 0 Å². The van der Waals surface area contributed by atoms with Crippen LogP contribution in [-0.2, 0) is 0 Å². The molecule has 2 heterocycles. The van der Waals surface area contributed by atoms with E-state index in [1.807, 2.05) is 52.7 Å². The molecule has 0 saturated carbocycles. The highest BCUT2D eigenvalue weighted by Gasteiger charge is 2.07. The number of anilines is 2. The molecule has 4 nitrogen and oxygen atoms in total. The topological polar surface area (TPSA) is 32.3 Å². The van der Waals surface area contributed by atoms with Gasteiger partial charge in [0.05, 0.1) is 11.4 Å². The number of nitrogens with zero attached hydrogens (tertiary/aromatic N) is 4. The summed E-state index contributed by atoms with van der Waals surface area (Å²) < 4.78 is 0. The molecule has 0 bridgehead atoms. The molecule has 0 saturated heterocycles. The molecule has 2 aromatic carbocycles. The maximum Gasteiger partial charge on any atom is 0.0892 e. The second kappa shape index (κ2) is 8.37. The quantitative estimate of drug-likeness (QED) is 0.440. The van der Waals surface area contributed by atoms with Gasteiger partial charge in [-0.2, -0.15) is 0 Å². The molecule has 4 aromatic rings. The van der Waals surface area contributed by atoms with Crippen LogP contribution in [-0.4, -0.2) is 38.2 Å². The highest BCUT2D eigenvalue weighted by molar-refractivity contribution is 5.74. The standard InChI is InChI=1S/C26H26N4/c1-29(2)23-9-5-19(6-10-23)21-13-15-27-25(17-21)26-18-22(14-16-28-26)20-7-11-24(12-8-20)30(3)4/h5-18H,1-4H3. The average molecular weight is 395 g/mol. The van der Waals surface area contributed by atoms with Gasteiger partial charge < -0.3 is 9.80 Å². The Morgan fingerprint density at radius 1 is 0.467 bits per heavy atom. The van der Waals surface area contributed by atoms with Crippen LogP contribution in [0.5, 0.6) is 0 Å². The number of hydrogen-bond donors (Lipinski definition) is 0. The zero-order valence-electron chi connectivity index (χ0n) is 17.9. The van der Waals surface area contributed by atoms with Crippen molar-refractivity contribution in [3.63, 3.8) is 0 Å². The van der Waals surface area contributed by atoms with E-state index in [0.29, 0.717) is 0 Å². The Kier molecular flexibility index (Phi) is 5.48. The van der Waals surface area contributed by atoms with E-state index in [-0.39, 0.29) is 0 Å². The Balaban J connectivity index is 1.65. The summed E-state index contributed by atoms with van der Waals surface area (Å²) in [6.45, 7) is 0. The van der Waals surface area contributed by atoms with Gasteiger partial charge in [-0.25, -0.2) is 0 Å². The smallest absolute Gasteiger partial charge is 0.0892 e. The summed E-state index contributed by atoms with van der Waals surface area (Å²) in [6.07, 6.45) is 3.70. The zero-order valence-corrected chi connectivity index (χ0v) is 17.9. The highest BCUT2D eigenvalue weighted by Crippen LogP contribution is 2.28. The predicted molar refractivity (Wildman–Crippen MR) is 127 cm³/mol. The van der Waals surface area contributed by atoms with Crippen molar-refractivity contribution in [1.82, 2.24) is 9.97 Å². The lowest BCUT2D eigenvalue weighted by atomic mass is 10.0. The van der Waals surface area contributed by atoms with E-state index in [9.17, 15) is 0 Å². The van der Waals surface area contributed by atoms with Crippen molar-refractivity contribution in [2.24, 2.45) is 0 Å². The van der Waals surface area contributed by atoms with Gasteiger partial charge >= 0.3 is 0 Å². The van der Waals surface area contributed by atoms with Gasteiger partial charge in [0.1, 0.15) is 0 Å². The average Bonchev–Trinajstić information content (AvgIpc) is 2.79. The maximum atomic E-state index is 4.58. The van der Waals surface area contributed by atoms with Crippen molar-refractivity contribution in [3.8, 4) is 33.6 Å². The largest absolute Gasteiger partial charge is 0.378 e. The summed E-state index contributed by atoms with van der Waals surface area (Å²) in [4.78, 5) is 13.4. The fraction of sp³-hybridized carbons (Fsp3) is 0.154. The number of rotatable bonds is 5. The van der Waals surface area contributed by atoms with Gasteiger partial charge in [-0.1, -0.05) is 24.3 Å². The SMILES string of the molecule is CN(C)c1ccc(-c2ccnc(-c3cc(-c4ccc(N(C)C)cc4)ccn3)c2)cc1. The molecule has 4 heteroatoms. The molecule has 0 radical (unpaired) electrons. The summed E-state index contributed by atoms with van der Waals surface area (Å²) in [7, 11) is 8.19. The molecule has 4 rings (SSSR count). The van der Waals surface area contributed by atoms with Gasteiger partial charge in [0.15, 0.2) is 0 Å². The molecule has 150 valence electrons.